The first-order valence-corrected chi connectivity index (χ1v) is 7.03. The maximum atomic E-state index is 12.8. The quantitative estimate of drug-likeness (QED) is 0.401. The summed E-state index contributed by atoms with van der Waals surface area (Å²) in [6.45, 7) is 0. The molecule has 4 heteroatoms. The van der Waals surface area contributed by atoms with Gasteiger partial charge in [0.1, 0.15) is 5.82 Å². The van der Waals surface area contributed by atoms with E-state index in [4.69, 9.17) is 0 Å². The molecule has 0 saturated carbocycles. The van der Waals surface area contributed by atoms with Gasteiger partial charge in [0, 0.05) is 0 Å². The topological polar surface area (TPSA) is 28.7 Å². The molecule has 0 amide bonds. The molecule has 4 aromatic rings. The van der Waals surface area contributed by atoms with Gasteiger partial charge in [-0.15, -0.1) is 12.1 Å². The van der Waals surface area contributed by atoms with Gasteiger partial charge in [-0.3, -0.25) is 5.10 Å². The largest absolute Gasteiger partial charge is 2.00 e. The third-order valence-corrected chi connectivity index (χ3v) is 3.25. The van der Waals surface area contributed by atoms with Gasteiger partial charge >= 0.3 is 17.1 Å². The van der Waals surface area contributed by atoms with Crippen molar-refractivity contribution in [3.05, 3.63) is 90.7 Å². The van der Waals surface area contributed by atoms with Gasteiger partial charge < -0.3 is 0 Å². The van der Waals surface area contributed by atoms with Crippen molar-refractivity contribution in [1.82, 2.24) is 10.2 Å². The second kappa shape index (κ2) is 8.27. The Hall–Kier alpha value is -2.42. The van der Waals surface area contributed by atoms with Crippen LogP contribution in [0.3, 0.4) is 0 Å². The second-order valence-electron chi connectivity index (χ2n) is 4.81. The Morgan fingerprint density at radius 3 is 2.17 bits per heavy atom. The molecule has 116 valence electrons. The van der Waals surface area contributed by atoms with Crippen molar-refractivity contribution >= 4 is 0 Å². The normalized spacial score (nSPS) is 9.61. The minimum Gasteiger partial charge on any atom is -0.297 e. The number of benzene rings is 1. The van der Waals surface area contributed by atoms with Crippen LogP contribution in [0.1, 0.15) is 0 Å². The molecule has 0 aliphatic heterocycles. The zero-order valence-corrected chi connectivity index (χ0v) is 13.4. The molecule has 1 aromatic heterocycles. The molecular formula is C19H15FFeN2. The van der Waals surface area contributed by atoms with Gasteiger partial charge in [0.05, 0.1) is 5.69 Å². The van der Waals surface area contributed by atoms with Crippen LogP contribution in [-0.4, -0.2) is 10.2 Å². The fourth-order valence-electron chi connectivity index (χ4n) is 2.11. The third kappa shape index (κ3) is 4.52. The van der Waals surface area contributed by atoms with Crippen molar-refractivity contribution in [2.24, 2.45) is 0 Å². The third-order valence-electron chi connectivity index (χ3n) is 3.25. The first-order chi connectivity index (χ1) is 10.8. The fraction of sp³-hybridized carbons (Fsp3) is 0. The van der Waals surface area contributed by atoms with E-state index in [0.29, 0.717) is 0 Å². The van der Waals surface area contributed by atoms with Crippen molar-refractivity contribution in [3.63, 3.8) is 0 Å². The van der Waals surface area contributed by atoms with E-state index in [1.54, 1.807) is 12.1 Å². The van der Waals surface area contributed by atoms with Crippen molar-refractivity contribution < 1.29 is 21.5 Å². The molecular weight excluding hydrogens is 331 g/mol. The molecule has 0 aliphatic rings. The number of halogens is 1. The van der Waals surface area contributed by atoms with Gasteiger partial charge in [0.25, 0.3) is 0 Å². The first kappa shape index (κ1) is 16.9. The monoisotopic (exact) mass is 346 g/mol. The van der Waals surface area contributed by atoms with E-state index in [0.717, 1.165) is 22.5 Å². The molecule has 0 fully saturated rings. The van der Waals surface area contributed by atoms with E-state index in [2.05, 4.69) is 10.2 Å². The Morgan fingerprint density at radius 1 is 0.957 bits per heavy atom. The van der Waals surface area contributed by atoms with Gasteiger partial charge in [0.15, 0.2) is 0 Å². The Balaban J connectivity index is 0.000000276. The summed E-state index contributed by atoms with van der Waals surface area (Å²) < 4.78 is 12.8. The van der Waals surface area contributed by atoms with Crippen molar-refractivity contribution in [3.8, 4) is 22.5 Å². The van der Waals surface area contributed by atoms with Gasteiger partial charge in [-0.25, -0.2) is 16.5 Å². The zero-order valence-electron chi connectivity index (χ0n) is 12.3. The minimum atomic E-state index is -0.236. The summed E-state index contributed by atoms with van der Waals surface area (Å²) in [6.07, 6.45) is 0. The average Bonchev–Trinajstić information content (AvgIpc) is 3.30. The van der Waals surface area contributed by atoms with E-state index in [-0.39, 0.29) is 22.9 Å². The standard InChI is InChI=1S/C14H10FN2.C5H5.Fe/c15-12-7-5-11(6-8-12)14-9-13(16-17-14)10-3-1-2-4-10;1-2-4-5-3-1;/h1-9H,(H,16,17);1-5H;/q2*-1;+2. The molecule has 0 saturated heterocycles. The van der Waals surface area contributed by atoms with Crippen molar-refractivity contribution in [2.75, 3.05) is 0 Å². The van der Waals surface area contributed by atoms with E-state index in [9.17, 15) is 4.39 Å². The van der Waals surface area contributed by atoms with Crippen LogP contribution in [0.25, 0.3) is 22.5 Å². The van der Waals surface area contributed by atoms with Crippen LogP contribution in [0.2, 0.25) is 0 Å². The average molecular weight is 346 g/mol. The van der Waals surface area contributed by atoms with Crippen molar-refractivity contribution in [1.29, 1.82) is 0 Å². The molecule has 0 spiro atoms. The van der Waals surface area contributed by atoms with Gasteiger partial charge in [0.2, 0.25) is 0 Å². The molecule has 3 aromatic carbocycles. The van der Waals surface area contributed by atoms with Crippen LogP contribution >= 0.6 is 0 Å². The number of nitrogens with one attached hydrogen (secondary N) is 1. The Morgan fingerprint density at radius 2 is 1.61 bits per heavy atom. The summed E-state index contributed by atoms with van der Waals surface area (Å²) >= 11 is 0. The molecule has 4 rings (SSSR count). The SMILES string of the molecule is Fc1ccc(-c2cc(-[c-]3cccc3)[nH]n2)cc1.[Fe+2].c1cc[cH-]c1. The summed E-state index contributed by atoms with van der Waals surface area (Å²) in [4.78, 5) is 0. The summed E-state index contributed by atoms with van der Waals surface area (Å²) in [5.74, 6) is -0.236. The Labute approximate surface area is 145 Å². The molecule has 0 aliphatic carbocycles. The summed E-state index contributed by atoms with van der Waals surface area (Å²) in [7, 11) is 0. The van der Waals surface area contributed by atoms with E-state index < -0.39 is 0 Å². The number of hydrogen-bond acceptors (Lipinski definition) is 1. The molecule has 0 bridgehead atoms. The number of hydrogen-bond donors (Lipinski definition) is 1. The van der Waals surface area contributed by atoms with Crippen LogP contribution in [0.4, 0.5) is 4.39 Å². The Bertz CT molecular complexity index is 767. The van der Waals surface area contributed by atoms with E-state index in [1.807, 2.05) is 60.7 Å². The van der Waals surface area contributed by atoms with Gasteiger partial charge in [-0.1, -0.05) is 23.8 Å². The molecule has 2 nitrogen and oxygen atoms in total. The predicted molar refractivity (Wildman–Crippen MR) is 87.0 cm³/mol. The van der Waals surface area contributed by atoms with Crippen molar-refractivity contribution in [2.45, 2.75) is 0 Å². The van der Waals surface area contributed by atoms with E-state index >= 15 is 0 Å². The maximum absolute atomic E-state index is 12.8. The fourth-order valence-corrected chi connectivity index (χ4v) is 2.11. The van der Waals surface area contributed by atoms with Gasteiger partial charge in [-0.2, -0.15) is 35.4 Å². The number of aromatic amines is 1. The van der Waals surface area contributed by atoms with Crippen LogP contribution in [0.15, 0.2) is 84.9 Å². The zero-order chi connectivity index (χ0) is 15.2. The summed E-state index contributed by atoms with van der Waals surface area (Å²) in [5, 5.41) is 7.20. The molecule has 0 unspecified atom stereocenters. The van der Waals surface area contributed by atoms with Crippen LogP contribution in [-0.2, 0) is 17.1 Å². The number of rotatable bonds is 2. The molecule has 0 atom stereocenters. The van der Waals surface area contributed by atoms with E-state index in [1.165, 1.54) is 12.1 Å². The number of nitrogens with zero attached hydrogens (tertiary/aromatic N) is 1. The summed E-state index contributed by atoms with van der Waals surface area (Å²) in [6, 6.07) is 26.3. The predicted octanol–water partition coefficient (Wildman–Crippen LogP) is 5.00. The van der Waals surface area contributed by atoms with Gasteiger partial charge in [-0.05, 0) is 23.4 Å². The molecule has 1 N–H and O–H groups in total. The van der Waals surface area contributed by atoms with Crippen LogP contribution < -0.4 is 0 Å². The second-order valence-corrected chi connectivity index (χ2v) is 4.81. The molecule has 23 heavy (non-hydrogen) atoms. The molecule has 1 heterocycles. The minimum absolute atomic E-state index is 0. The maximum Gasteiger partial charge on any atom is 2.00 e. The van der Waals surface area contributed by atoms with Crippen LogP contribution in [0.5, 0.6) is 0 Å². The number of H-pyrrole nitrogens is 1. The smallest absolute Gasteiger partial charge is 0.297 e. The molecule has 0 radical (unpaired) electrons. The summed E-state index contributed by atoms with van der Waals surface area (Å²) in [5.41, 5.74) is 3.79. The Kier molecular flexibility index (Phi) is 6.10. The number of aromatic nitrogens is 2. The van der Waals surface area contributed by atoms with Crippen LogP contribution in [0, 0.1) is 5.82 Å². The first-order valence-electron chi connectivity index (χ1n) is 7.03.